The zero-order valence-corrected chi connectivity index (χ0v) is 14.4. The molecule has 4 nitrogen and oxygen atoms in total. The van der Waals surface area contributed by atoms with E-state index >= 15 is 0 Å². The Bertz CT molecular complexity index is 488. The Kier molecular flexibility index (Phi) is 5.41. The molecule has 2 rings (SSSR count). The molecular formula is C16H26N2O2S. The molecule has 0 aliphatic carbocycles. The van der Waals surface area contributed by atoms with E-state index in [-0.39, 0.29) is 24.2 Å². The Morgan fingerprint density at radius 1 is 1.43 bits per heavy atom. The molecule has 1 aromatic rings. The fraction of sp³-hybridized carbons (Fsp3) is 0.688. The molecule has 118 valence electrons. The number of carbonyl (C=O) groups is 1. The van der Waals surface area contributed by atoms with Crippen LogP contribution in [0.15, 0.2) is 12.1 Å². The van der Waals surface area contributed by atoms with Gasteiger partial charge in [-0.25, -0.2) is 0 Å². The van der Waals surface area contributed by atoms with E-state index in [1.54, 1.807) is 18.4 Å². The second-order valence-corrected chi connectivity index (χ2v) is 7.24. The van der Waals surface area contributed by atoms with Crippen molar-refractivity contribution in [3.05, 3.63) is 21.9 Å². The highest BCUT2D eigenvalue weighted by atomic mass is 32.1. The van der Waals surface area contributed by atoms with Crippen molar-refractivity contribution in [3.8, 4) is 0 Å². The predicted molar refractivity (Wildman–Crippen MR) is 86.4 cm³/mol. The van der Waals surface area contributed by atoms with Crippen molar-refractivity contribution in [2.24, 2.45) is 5.92 Å². The van der Waals surface area contributed by atoms with Crippen LogP contribution in [0.3, 0.4) is 0 Å². The minimum atomic E-state index is -0.0912. The second-order valence-electron chi connectivity index (χ2n) is 5.92. The van der Waals surface area contributed by atoms with Crippen molar-refractivity contribution in [1.82, 2.24) is 10.2 Å². The average Bonchev–Trinajstić information content (AvgIpc) is 3.03. The number of aryl methyl sites for hydroxylation is 1. The highest BCUT2D eigenvalue weighted by Crippen LogP contribution is 2.33. The normalized spacial score (nSPS) is 25.4. The van der Waals surface area contributed by atoms with Gasteiger partial charge in [-0.1, -0.05) is 20.3 Å². The molecule has 5 heteroatoms. The van der Waals surface area contributed by atoms with Gasteiger partial charge in [0.1, 0.15) is 6.17 Å². The standard InChI is InChI=1S/C16H26N2O2S/c1-6-10(2)14-16(19)18(9-11(3)20-5)15(17-14)13-8-7-12(4)21-13/h7-8,10-11,14-15,17H,6,9H2,1-5H3. The van der Waals surface area contributed by atoms with Crippen molar-refractivity contribution >= 4 is 17.2 Å². The van der Waals surface area contributed by atoms with Crippen molar-refractivity contribution in [1.29, 1.82) is 0 Å². The number of amides is 1. The van der Waals surface area contributed by atoms with Gasteiger partial charge >= 0.3 is 0 Å². The first-order chi connectivity index (χ1) is 9.97. The number of nitrogens with zero attached hydrogens (tertiary/aromatic N) is 1. The van der Waals surface area contributed by atoms with E-state index < -0.39 is 0 Å². The van der Waals surface area contributed by atoms with Gasteiger partial charge in [-0.15, -0.1) is 11.3 Å². The summed E-state index contributed by atoms with van der Waals surface area (Å²) in [7, 11) is 1.69. The number of thiophene rings is 1. The predicted octanol–water partition coefficient (Wildman–Crippen LogP) is 2.94. The SMILES string of the molecule is CCC(C)C1NC(c2ccc(C)s2)N(CC(C)OC)C1=O. The van der Waals surface area contributed by atoms with Gasteiger partial charge in [0.05, 0.1) is 12.1 Å². The summed E-state index contributed by atoms with van der Waals surface area (Å²) >= 11 is 1.75. The molecule has 4 atom stereocenters. The summed E-state index contributed by atoms with van der Waals surface area (Å²) in [5.41, 5.74) is 0. The molecule has 2 heterocycles. The van der Waals surface area contributed by atoms with Crippen LogP contribution in [-0.2, 0) is 9.53 Å². The molecule has 21 heavy (non-hydrogen) atoms. The van der Waals surface area contributed by atoms with Crippen LogP contribution in [0, 0.1) is 12.8 Å². The minimum absolute atomic E-state index is 0.0206. The molecule has 0 radical (unpaired) electrons. The minimum Gasteiger partial charge on any atom is -0.380 e. The lowest BCUT2D eigenvalue weighted by Crippen LogP contribution is -2.38. The van der Waals surface area contributed by atoms with Gasteiger partial charge in [-0.3, -0.25) is 10.1 Å². The van der Waals surface area contributed by atoms with Crippen LogP contribution in [0.4, 0.5) is 0 Å². The molecule has 1 aliphatic heterocycles. The third-order valence-electron chi connectivity index (χ3n) is 4.30. The average molecular weight is 310 g/mol. The largest absolute Gasteiger partial charge is 0.380 e. The van der Waals surface area contributed by atoms with Crippen molar-refractivity contribution in [3.63, 3.8) is 0 Å². The summed E-state index contributed by atoms with van der Waals surface area (Å²) in [4.78, 5) is 17.2. The maximum Gasteiger partial charge on any atom is 0.241 e. The number of methoxy groups -OCH3 is 1. The van der Waals surface area contributed by atoms with Crippen LogP contribution in [0.25, 0.3) is 0 Å². The monoisotopic (exact) mass is 310 g/mol. The molecule has 1 aliphatic rings. The third-order valence-corrected chi connectivity index (χ3v) is 5.35. The molecule has 1 saturated heterocycles. The van der Waals surface area contributed by atoms with E-state index in [4.69, 9.17) is 4.74 Å². The van der Waals surface area contributed by atoms with E-state index in [1.165, 1.54) is 9.75 Å². The van der Waals surface area contributed by atoms with Gasteiger partial charge in [0, 0.05) is 23.4 Å². The fourth-order valence-electron chi connectivity index (χ4n) is 2.66. The van der Waals surface area contributed by atoms with E-state index in [9.17, 15) is 4.79 Å². The third kappa shape index (κ3) is 3.47. The lowest BCUT2D eigenvalue weighted by atomic mass is 9.99. The number of carbonyl (C=O) groups excluding carboxylic acids is 1. The van der Waals surface area contributed by atoms with Gasteiger partial charge in [0.15, 0.2) is 0 Å². The maximum atomic E-state index is 12.8. The second kappa shape index (κ2) is 6.90. The summed E-state index contributed by atoms with van der Waals surface area (Å²) in [5.74, 6) is 0.535. The summed E-state index contributed by atoms with van der Waals surface area (Å²) < 4.78 is 5.35. The number of ether oxygens (including phenoxy) is 1. The number of rotatable bonds is 6. The zero-order chi connectivity index (χ0) is 15.6. The molecule has 1 amide bonds. The van der Waals surface area contributed by atoms with Crippen molar-refractivity contribution in [2.75, 3.05) is 13.7 Å². The van der Waals surface area contributed by atoms with Crippen LogP contribution in [0.5, 0.6) is 0 Å². The summed E-state index contributed by atoms with van der Waals surface area (Å²) in [6.45, 7) is 8.98. The van der Waals surface area contributed by atoms with Crippen LogP contribution >= 0.6 is 11.3 Å². The molecule has 0 saturated carbocycles. The first kappa shape index (κ1) is 16.5. The first-order valence-electron chi connectivity index (χ1n) is 7.63. The smallest absolute Gasteiger partial charge is 0.241 e. The molecular weight excluding hydrogens is 284 g/mol. The van der Waals surface area contributed by atoms with E-state index in [0.29, 0.717) is 12.5 Å². The van der Waals surface area contributed by atoms with Crippen LogP contribution in [-0.4, -0.2) is 36.6 Å². The van der Waals surface area contributed by atoms with Gasteiger partial charge in [0.25, 0.3) is 0 Å². The van der Waals surface area contributed by atoms with Crippen LogP contribution < -0.4 is 5.32 Å². The van der Waals surface area contributed by atoms with E-state index in [2.05, 4.69) is 38.2 Å². The van der Waals surface area contributed by atoms with Gasteiger partial charge in [-0.2, -0.15) is 0 Å². The fourth-order valence-corrected chi connectivity index (χ4v) is 3.61. The molecule has 0 spiro atoms. The van der Waals surface area contributed by atoms with Crippen molar-refractivity contribution < 1.29 is 9.53 Å². The highest BCUT2D eigenvalue weighted by molar-refractivity contribution is 7.12. The molecule has 1 fully saturated rings. The quantitative estimate of drug-likeness (QED) is 0.878. The van der Waals surface area contributed by atoms with Gasteiger partial charge < -0.3 is 9.64 Å². The van der Waals surface area contributed by atoms with Crippen molar-refractivity contribution in [2.45, 2.75) is 52.4 Å². The van der Waals surface area contributed by atoms with Crippen LogP contribution in [0.1, 0.15) is 43.1 Å². The van der Waals surface area contributed by atoms with E-state index in [0.717, 1.165) is 6.42 Å². The Morgan fingerprint density at radius 3 is 2.67 bits per heavy atom. The Labute approximate surface area is 131 Å². The lowest BCUT2D eigenvalue weighted by molar-refractivity contribution is -0.132. The topological polar surface area (TPSA) is 41.6 Å². The molecule has 4 unspecified atom stereocenters. The maximum absolute atomic E-state index is 12.8. The van der Waals surface area contributed by atoms with Crippen LogP contribution in [0.2, 0.25) is 0 Å². The first-order valence-corrected chi connectivity index (χ1v) is 8.45. The number of nitrogens with one attached hydrogen (secondary N) is 1. The Hall–Kier alpha value is -0.910. The summed E-state index contributed by atoms with van der Waals surface area (Å²) in [6, 6.07) is 4.14. The van der Waals surface area contributed by atoms with Gasteiger partial charge in [-0.05, 0) is 31.9 Å². The summed E-state index contributed by atoms with van der Waals surface area (Å²) in [5, 5.41) is 3.53. The number of hydrogen-bond acceptors (Lipinski definition) is 4. The molecule has 0 bridgehead atoms. The molecule has 0 aromatic carbocycles. The molecule has 1 aromatic heterocycles. The lowest BCUT2D eigenvalue weighted by Gasteiger charge is -2.26. The molecule has 1 N–H and O–H groups in total. The Morgan fingerprint density at radius 2 is 2.14 bits per heavy atom. The Balaban J connectivity index is 2.24. The zero-order valence-electron chi connectivity index (χ0n) is 13.6. The van der Waals surface area contributed by atoms with E-state index in [1.807, 2.05) is 11.8 Å². The number of hydrogen-bond donors (Lipinski definition) is 1. The van der Waals surface area contributed by atoms with Gasteiger partial charge in [0.2, 0.25) is 5.91 Å². The highest BCUT2D eigenvalue weighted by Gasteiger charge is 2.42. The summed E-state index contributed by atoms with van der Waals surface area (Å²) in [6.07, 6.45) is 1.01.